The minimum absolute atomic E-state index is 0.00579. The maximum atomic E-state index is 11.5. The third kappa shape index (κ3) is 3.54. The lowest BCUT2D eigenvalue weighted by Crippen LogP contribution is -2.29. The van der Waals surface area contributed by atoms with Gasteiger partial charge in [-0.25, -0.2) is 4.98 Å². The number of carboxylic acid groups (broad SMARTS) is 1. The summed E-state index contributed by atoms with van der Waals surface area (Å²) in [5, 5.41) is 13.0. The van der Waals surface area contributed by atoms with Gasteiger partial charge in [0.2, 0.25) is 0 Å². The predicted octanol–water partition coefficient (Wildman–Crippen LogP) is 0.494. The first-order valence-electron chi connectivity index (χ1n) is 5.86. The molecule has 0 spiro atoms. The van der Waals surface area contributed by atoms with Crippen molar-refractivity contribution in [3.8, 4) is 0 Å². The van der Waals surface area contributed by atoms with Crippen LogP contribution in [0.5, 0.6) is 0 Å². The van der Waals surface area contributed by atoms with Crippen molar-refractivity contribution in [1.82, 2.24) is 14.8 Å². The molecule has 1 aromatic rings. The van der Waals surface area contributed by atoms with Gasteiger partial charge in [-0.2, -0.15) is 5.10 Å². The molecule has 0 aliphatic heterocycles. The Bertz CT molecular complexity index is 416. The first-order valence-corrected chi connectivity index (χ1v) is 5.86. The fourth-order valence-corrected chi connectivity index (χ4v) is 1.54. The van der Waals surface area contributed by atoms with Crippen LogP contribution in [0.15, 0.2) is 6.33 Å². The van der Waals surface area contributed by atoms with E-state index in [1.807, 2.05) is 6.92 Å². The summed E-state index contributed by atoms with van der Waals surface area (Å²) < 4.78 is 6.34. The number of aryl methyl sites for hydroxylation is 1. The Hall–Kier alpha value is -1.92. The van der Waals surface area contributed by atoms with Crippen molar-refractivity contribution in [3.63, 3.8) is 0 Å². The van der Waals surface area contributed by atoms with Crippen LogP contribution in [0.25, 0.3) is 0 Å². The van der Waals surface area contributed by atoms with Crippen LogP contribution in [0.4, 0.5) is 0 Å². The summed E-state index contributed by atoms with van der Waals surface area (Å²) in [5.74, 6) is -2.70. The van der Waals surface area contributed by atoms with Gasteiger partial charge in [0.05, 0.1) is 6.61 Å². The van der Waals surface area contributed by atoms with E-state index < -0.39 is 17.9 Å². The molecule has 0 radical (unpaired) electrons. The van der Waals surface area contributed by atoms with Crippen LogP contribution in [0.1, 0.15) is 26.1 Å². The van der Waals surface area contributed by atoms with E-state index >= 15 is 0 Å². The molecule has 1 unspecified atom stereocenters. The number of aliphatic carboxylic acids is 1. The van der Waals surface area contributed by atoms with Crippen molar-refractivity contribution in [2.45, 2.75) is 33.2 Å². The quantitative estimate of drug-likeness (QED) is 0.563. The molecule has 0 aliphatic carbocycles. The fraction of sp³-hybridized carbons (Fsp3) is 0.636. The molecule has 0 bridgehead atoms. The van der Waals surface area contributed by atoms with Gasteiger partial charge >= 0.3 is 11.9 Å². The predicted molar refractivity (Wildman–Crippen MR) is 61.8 cm³/mol. The van der Waals surface area contributed by atoms with Crippen molar-refractivity contribution in [3.05, 3.63) is 12.2 Å². The van der Waals surface area contributed by atoms with E-state index in [0.29, 0.717) is 12.4 Å². The highest BCUT2D eigenvalue weighted by atomic mass is 16.5. The van der Waals surface area contributed by atoms with Gasteiger partial charge in [0.15, 0.2) is 5.92 Å². The second-order valence-corrected chi connectivity index (χ2v) is 3.75. The molecule has 100 valence electrons. The van der Waals surface area contributed by atoms with Gasteiger partial charge in [-0.05, 0) is 13.3 Å². The van der Waals surface area contributed by atoms with Crippen LogP contribution in [0.3, 0.4) is 0 Å². The zero-order valence-electron chi connectivity index (χ0n) is 10.5. The zero-order valence-corrected chi connectivity index (χ0v) is 10.5. The second-order valence-electron chi connectivity index (χ2n) is 3.75. The summed E-state index contributed by atoms with van der Waals surface area (Å²) in [7, 11) is 0. The van der Waals surface area contributed by atoms with Crippen LogP contribution in [0.2, 0.25) is 0 Å². The Labute approximate surface area is 105 Å². The van der Waals surface area contributed by atoms with E-state index in [2.05, 4.69) is 10.1 Å². The Morgan fingerprint density at radius 2 is 2.22 bits per heavy atom. The largest absolute Gasteiger partial charge is 0.481 e. The van der Waals surface area contributed by atoms with Crippen molar-refractivity contribution in [2.75, 3.05) is 6.61 Å². The molecule has 0 fully saturated rings. The molecular formula is C11H17N3O4. The van der Waals surface area contributed by atoms with Crippen molar-refractivity contribution < 1.29 is 19.4 Å². The Morgan fingerprint density at radius 3 is 2.78 bits per heavy atom. The van der Waals surface area contributed by atoms with Gasteiger partial charge < -0.3 is 9.84 Å². The maximum Gasteiger partial charge on any atom is 0.320 e. The second kappa shape index (κ2) is 6.73. The van der Waals surface area contributed by atoms with Crippen LogP contribution in [-0.2, 0) is 27.3 Å². The summed E-state index contributed by atoms with van der Waals surface area (Å²) in [6.45, 7) is 4.41. The minimum Gasteiger partial charge on any atom is -0.481 e. The molecule has 7 heteroatoms. The van der Waals surface area contributed by atoms with Crippen LogP contribution in [0, 0.1) is 5.92 Å². The highest BCUT2D eigenvalue weighted by Gasteiger charge is 2.29. The van der Waals surface area contributed by atoms with E-state index in [1.54, 1.807) is 11.6 Å². The normalized spacial score (nSPS) is 12.1. The number of nitrogens with zero attached hydrogens (tertiary/aromatic N) is 3. The van der Waals surface area contributed by atoms with Crippen LogP contribution >= 0.6 is 0 Å². The molecule has 0 saturated heterocycles. The Kier molecular flexibility index (Phi) is 5.29. The topological polar surface area (TPSA) is 94.3 Å². The minimum atomic E-state index is -1.23. The van der Waals surface area contributed by atoms with Crippen LogP contribution < -0.4 is 0 Å². The van der Waals surface area contributed by atoms with E-state index in [0.717, 1.165) is 6.42 Å². The number of aromatic nitrogens is 3. The Morgan fingerprint density at radius 1 is 1.50 bits per heavy atom. The summed E-state index contributed by atoms with van der Waals surface area (Å²) in [4.78, 5) is 26.6. The first kappa shape index (κ1) is 14.1. The summed E-state index contributed by atoms with van der Waals surface area (Å²) in [6.07, 6.45) is 2.21. The SMILES string of the molecule is CCCn1ncnc1CC(C(=O)O)C(=O)OCC. The molecule has 1 rings (SSSR count). The summed E-state index contributed by atoms with van der Waals surface area (Å²) in [6, 6.07) is 0. The number of ether oxygens (including phenoxy) is 1. The molecule has 7 nitrogen and oxygen atoms in total. The fourth-order valence-electron chi connectivity index (χ4n) is 1.54. The molecule has 1 heterocycles. The number of hydrogen-bond donors (Lipinski definition) is 1. The van der Waals surface area contributed by atoms with Crippen molar-refractivity contribution in [2.24, 2.45) is 5.92 Å². The van der Waals surface area contributed by atoms with Gasteiger partial charge in [0, 0.05) is 13.0 Å². The molecule has 1 aromatic heterocycles. The molecule has 1 atom stereocenters. The van der Waals surface area contributed by atoms with Crippen LogP contribution in [-0.4, -0.2) is 38.4 Å². The first-order chi connectivity index (χ1) is 8.60. The van der Waals surface area contributed by atoms with Gasteiger partial charge in [0.25, 0.3) is 0 Å². The lowest BCUT2D eigenvalue weighted by Gasteiger charge is -2.11. The summed E-state index contributed by atoms with van der Waals surface area (Å²) >= 11 is 0. The molecule has 0 saturated carbocycles. The van der Waals surface area contributed by atoms with Crippen molar-refractivity contribution >= 4 is 11.9 Å². The number of hydrogen-bond acceptors (Lipinski definition) is 5. The number of esters is 1. The molecular weight excluding hydrogens is 238 g/mol. The van der Waals surface area contributed by atoms with Gasteiger partial charge in [0.1, 0.15) is 12.2 Å². The van der Waals surface area contributed by atoms with Gasteiger partial charge in [-0.1, -0.05) is 6.92 Å². The lowest BCUT2D eigenvalue weighted by molar-refractivity contribution is -0.158. The standard InChI is InChI=1S/C11H17N3O4/c1-3-5-14-9(12-7-13-14)6-8(10(15)16)11(17)18-4-2/h7-8H,3-6H2,1-2H3,(H,15,16). The smallest absolute Gasteiger partial charge is 0.320 e. The average molecular weight is 255 g/mol. The molecule has 0 aromatic carbocycles. The zero-order chi connectivity index (χ0) is 13.5. The third-order valence-corrected chi connectivity index (χ3v) is 2.39. The molecule has 18 heavy (non-hydrogen) atoms. The number of carbonyl (C=O) groups excluding carboxylic acids is 1. The lowest BCUT2D eigenvalue weighted by atomic mass is 10.1. The van der Waals surface area contributed by atoms with Gasteiger partial charge in [-0.3, -0.25) is 14.3 Å². The van der Waals surface area contributed by atoms with Gasteiger partial charge in [-0.15, -0.1) is 0 Å². The molecule has 0 aliphatic rings. The average Bonchev–Trinajstić information content (AvgIpc) is 2.73. The Balaban J connectivity index is 2.80. The van der Waals surface area contributed by atoms with E-state index in [1.165, 1.54) is 6.33 Å². The monoisotopic (exact) mass is 255 g/mol. The highest BCUT2D eigenvalue weighted by molar-refractivity contribution is 5.94. The molecule has 0 amide bonds. The van der Waals surface area contributed by atoms with E-state index in [9.17, 15) is 9.59 Å². The van der Waals surface area contributed by atoms with E-state index in [-0.39, 0.29) is 13.0 Å². The van der Waals surface area contributed by atoms with E-state index in [4.69, 9.17) is 9.84 Å². The number of rotatable bonds is 7. The third-order valence-electron chi connectivity index (χ3n) is 2.39. The summed E-state index contributed by atoms with van der Waals surface area (Å²) in [5.41, 5.74) is 0. The number of carboxylic acids is 1. The van der Waals surface area contributed by atoms with Crippen molar-refractivity contribution in [1.29, 1.82) is 0 Å². The number of carbonyl (C=O) groups is 2. The maximum absolute atomic E-state index is 11.5. The highest BCUT2D eigenvalue weighted by Crippen LogP contribution is 2.09. The molecule has 1 N–H and O–H groups in total.